The highest BCUT2D eigenvalue weighted by Crippen LogP contribution is 2.03. The molecule has 1 aliphatic rings. The maximum atomic E-state index is 5.43. The molecule has 0 aromatic rings. The van der Waals surface area contributed by atoms with E-state index in [1.165, 1.54) is 0 Å². The van der Waals surface area contributed by atoms with Crippen molar-refractivity contribution < 1.29 is 9.47 Å². The van der Waals surface area contributed by atoms with E-state index in [9.17, 15) is 0 Å². The molecule has 1 heterocycles. The lowest BCUT2D eigenvalue weighted by Crippen LogP contribution is -2.42. The van der Waals surface area contributed by atoms with Crippen molar-refractivity contribution in [3.8, 4) is 0 Å². The first kappa shape index (κ1) is 11.9. The molecule has 1 atom stereocenters. The third kappa shape index (κ3) is 4.91. The average molecular weight is 202 g/mol. The molecular formula is C10H22N2O2. The Morgan fingerprint density at radius 3 is 2.57 bits per heavy atom. The molecule has 1 saturated heterocycles. The van der Waals surface area contributed by atoms with Crippen molar-refractivity contribution in [3.63, 3.8) is 0 Å². The van der Waals surface area contributed by atoms with Crippen molar-refractivity contribution >= 4 is 0 Å². The fourth-order valence-electron chi connectivity index (χ4n) is 1.56. The lowest BCUT2D eigenvalue weighted by Gasteiger charge is -2.26. The Morgan fingerprint density at radius 2 is 2.00 bits per heavy atom. The average Bonchev–Trinajstić information content (AvgIpc) is 2.15. The van der Waals surface area contributed by atoms with Crippen molar-refractivity contribution in [1.29, 1.82) is 0 Å². The van der Waals surface area contributed by atoms with Gasteiger partial charge in [-0.3, -0.25) is 0 Å². The second kappa shape index (κ2) is 6.35. The van der Waals surface area contributed by atoms with Crippen LogP contribution in [0.5, 0.6) is 0 Å². The van der Waals surface area contributed by atoms with E-state index in [0.717, 1.165) is 32.7 Å². The first-order valence-electron chi connectivity index (χ1n) is 5.30. The highest BCUT2D eigenvalue weighted by atomic mass is 16.7. The minimum Gasteiger partial charge on any atom is -0.351 e. The summed E-state index contributed by atoms with van der Waals surface area (Å²) in [6, 6.07) is 0.471. The van der Waals surface area contributed by atoms with Crippen LogP contribution >= 0.6 is 0 Å². The van der Waals surface area contributed by atoms with Crippen molar-refractivity contribution in [2.75, 3.05) is 40.4 Å². The zero-order chi connectivity index (χ0) is 10.4. The Kier molecular flexibility index (Phi) is 5.40. The molecule has 1 unspecified atom stereocenters. The minimum absolute atomic E-state index is 0.0478. The van der Waals surface area contributed by atoms with Gasteiger partial charge in [-0.05, 0) is 27.4 Å². The molecule has 0 aromatic heterocycles. The molecule has 0 saturated carbocycles. The van der Waals surface area contributed by atoms with Gasteiger partial charge in [0.1, 0.15) is 0 Å². The van der Waals surface area contributed by atoms with Gasteiger partial charge in [0.25, 0.3) is 0 Å². The predicted molar refractivity (Wildman–Crippen MR) is 56.3 cm³/mol. The van der Waals surface area contributed by atoms with Crippen LogP contribution in [0.4, 0.5) is 0 Å². The summed E-state index contributed by atoms with van der Waals surface area (Å²) < 4.78 is 10.9. The summed E-state index contributed by atoms with van der Waals surface area (Å²) in [6.45, 7) is 5.65. The smallest absolute Gasteiger partial charge is 0.169 e. The molecule has 0 bridgehead atoms. The van der Waals surface area contributed by atoms with Gasteiger partial charge >= 0.3 is 0 Å². The number of ether oxygens (including phenoxy) is 2. The fourth-order valence-corrected chi connectivity index (χ4v) is 1.56. The molecule has 0 aliphatic carbocycles. The van der Waals surface area contributed by atoms with E-state index in [4.69, 9.17) is 9.47 Å². The molecule has 0 aromatic carbocycles. The number of hydrogen-bond donors (Lipinski definition) is 1. The summed E-state index contributed by atoms with van der Waals surface area (Å²) in [5.74, 6) is 0. The van der Waals surface area contributed by atoms with Crippen LogP contribution in [0.15, 0.2) is 0 Å². The molecule has 14 heavy (non-hydrogen) atoms. The van der Waals surface area contributed by atoms with E-state index in [0.29, 0.717) is 6.04 Å². The van der Waals surface area contributed by atoms with E-state index in [1.54, 1.807) is 0 Å². The van der Waals surface area contributed by atoms with Crippen LogP contribution in [0.2, 0.25) is 0 Å². The van der Waals surface area contributed by atoms with E-state index in [-0.39, 0.29) is 6.29 Å². The summed E-state index contributed by atoms with van der Waals surface area (Å²) in [5.41, 5.74) is 0. The number of hydrogen-bond acceptors (Lipinski definition) is 4. The van der Waals surface area contributed by atoms with E-state index >= 15 is 0 Å². The summed E-state index contributed by atoms with van der Waals surface area (Å²) in [4.78, 5) is 2.17. The molecule has 1 N–H and O–H groups in total. The highest BCUT2D eigenvalue weighted by molar-refractivity contribution is 4.65. The molecule has 4 heteroatoms. The second-order valence-electron chi connectivity index (χ2n) is 4.10. The fraction of sp³-hybridized carbons (Fsp3) is 1.00. The van der Waals surface area contributed by atoms with Crippen molar-refractivity contribution in [2.24, 2.45) is 0 Å². The minimum atomic E-state index is -0.0478. The van der Waals surface area contributed by atoms with Gasteiger partial charge < -0.3 is 19.7 Å². The molecular weight excluding hydrogens is 180 g/mol. The normalized spacial score (nSPS) is 21.4. The standard InChI is InChI=1S/C10H22N2O2/c1-9(8-12(2)3)11-7-10-13-5-4-6-14-10/h9-11H,4-8H2,1-3H3. The molecule has 84 valence electrons. The van der Waals surface area contributed by atoms with Crippen molar-refractivity contribution in [3.05, 3.63) is 0 Å². The third-order valence-electron chi connectivity index (χ3n) is 2.17. The molecule has 0 spiro atoms. The van der Waals surface area contributed by atoms with E-state index in [1.807, 2.05) is 0 Å². The summed E-state index contributed by atoms with van der Waals surface area (Å²) >= 11 is 0. The summed E-state index contributed by atoms with van der Waals surface area (Å²) in [6.07, 6.45) is 0.970. The zero-order valence-electron chi connectivity index (χ0n) is 9.45. The van der Waals surface area contributed by atoms with Crippen LogP contribution in [-0.4, -0.2) is 57.6 Å². The van der Waals surface area contributed by atoms with Gasteiger partial charge in [-0.15, -0.1) is 0 Å². The number of nitrogens with zero attached hydrogens (tertiary/aromatic N) is 1. The van der Waals surface area contributed by atoms with Crippen molar-refractivity contribution in [1.82, 2.24) is 10.2 Å². The maximum Gasteiger partial charge on any atom is 0.169 e. The Balaban J connectivity index is 2.06. The summed E-state index contributed by atoms with van der Waals surface area (Å²) in [5, 5.41) is 3.39. The molecule has 1 aliphatic heterocycles. The van der Waals surface area contributed by atoms with Gasteiger partial charge in [0, 0.05) is 19.1 Å². The largest absolute Gasteiger partial charge is 0.351 e. The Morgan fingerprint density at radius 1 is 1.36 bits per heavy atom. The Hall–Kier alpha value is -0.160. The molecule has 1 rings (SSSR count). The number of nitrogens with one attached hydrogen (secondary N) is 1. The van der Waals surface area contributed by atoms with Crippen LogP contribution in [0.1, 0.15) is 13.3 Å². The van der Waals surface area contributed by atoms with Gasteiger partial charge in [-0.2, -0.15) is 0 Å². The summed E-state index contributed by atoms with van der Waals surface area (Å²) in [7, 11) is 4.15. The number of likely N-dealkylation sites (N-methyl/N-ethyl adjacent to an activating group) is 1. The Labute approximate surface area is 86.6 Å². The van der Waals surface area contributed by atoms with Gasteiger partial charge in [0.2, 0.25) is 0 Å². The van der Waals surface area contributed by atoms with Crippen LogP contribution in [0.25, 0.3) is 0 Å². The molecule has 0 amide bonds. The first-order valence-corrected chi connectivity index (χ1v) is 5.30. The van der Waals surface area contributed by atoms with Gasteiger partial charge in [0.05, 0.1) is 13.2 Å². The lowest BCUT2D eigenvalue weighted by molar-refractivity contribution is -0.175. The quantitative estimate of drug-likeness (QED) is 0.695. The Bertz CT molecular complexity index is 147. The third-order valence-corrected chi connectivity index (χ3v) is 2.17. The van der Waals surface area contributed by atoms with Gasteiger partial charge in [-0.1, -0.05) is 0 Å². The van der Waals surface area contributed by atoms with Gasteiger partial charge in [0.15, 0.2) is 6.29 Å². The van der Waals surface area contributed by atoms with Crippen LogP contribution in [-0.2, 0) is 9.47 Å². The molecule has 4 nitrogen and oxygen atoms in total. The van der Waals surface area contributed by atoms with E-state index in [2.05, 4.69) is 31.2 Å². The lowest BCUT2D eigenvalue weighted by atomic mass is 10.3. The monoisotopic (exact) mass is 202 g/mol. The van der Waals surface area contributed by atoms with Crippen LogP contribution in [0.3, 0.4) is 0 Å². The maximum absolute atomic E-state index is 5.43. The first-order chi connectivity index (χ1) is 6.68. The number of rotatable bonds is 5. The second-order valence-corrected chi connectivity index (χ2v) is 4.10. The van der Waals surface area contributed by atoms with Crippen LogP contribution < -0.4 is 5.32 Å². The molecule has 0 radical (unpaired) electrons. The van der Waals surface area contributed by atoms with E-state index < -0.39 is 0 Å². The highest BCUT2D eigenvalue weighted by Gasteiger charge is 2.14. The predicted octanol–water partition coefficient (Wildman–Crippen LogP) is 0.289. The zero-order valence-corrected chi connectivity index (χ0v) is 9.45. The van der Waals surface area contributed by atoms with Crippen molar-refractivity contribution in [2.45, 2.75) is 25.7 Å². The topological polar surface area (TPSA) is 33.7 Å². The molecule has 1 fully saturated rings. The van der Waals surface area contributed by atoms with Crippen LogP contribution in [0, 0.1) is 0 Å². The van der Waals surface area contributed by atoms with Gasteiger partial charge in [-0.25, -0.2) is 0 Å². The SMILES string of the molecule is CC(CN(C)C)NCC1OCCCO1.